The van der Waals surface area contributed by atoms with E-state index >= 15 is 0 Å². The minimum Gasteiger partial charge on any atom is -0.481 e. The number of benzene rings is 1. The summed E-state index contributed by atoms with van der Waals surface area (Å²) in [6.45, 7) is 9.62. The maximum Gasteiger partial charge on any atom is 0.307 e. The summed E-state index contributed by atoms with van der Waals surface area (Å²) in [5.74, 6) is -2.10. The van der Waals surface area contributed by atoms with Crippen LogP contribution in [0.2, 0.25) is 0 Å². The smallest absolute Gasteiger partial charge is 0.307 e. The SMILES string of the molecule is CCCCCCCCN.CCCCCCCCNC(=O)C(CC(C)c1ccccc1)C(C)C(=O)O. The van der Waals surface area contributed by atoms with E-state index in [1.165, 1.54) is 64.2 Å². The number of hydrogen-bond acceptors (Lipinski definition) is 3. The van der Waals surface area contributed by atoms with Gasteiger partial charge in [0, 0.05) is 6.54 Å². The van der Waals surface area contributed by atoms with Gasteiger partial charge in [0.15, 0.2) is 0 Å². The number of nitrogens with one attached hydrogen (secondary N) is 1. The van der Waals surface area contributed by atoms with Gasteiger partial charge in [-0.05, 0) is 37.3 Å². The van der Waals surface area contributed by atoms with E-state index in [1.807, 2.05) is 30.3 Å². The van der Waals surface area contributed by atoms with Gasteiger partial charge in [-0.15, -0.1) is 0 Å². The first-order valence-corrected chi connectivity index (χ1v) is 14.1. The molecular formula is C30H54N2O3. The molecule has 1 aromatic rings. The minimum atomic E-state index is -0.912. The molecule has 0 aliphatic rings. The van der Waals surface area contributed by atoms with Crippen molar-refractivity contribution in [3.05, 3.63) is 35.9 Å². The molecule has 3 atom stereocenters. The summed E-state index contributed by atoms with van der Waals surface area (Å²) >= 11 is 0. The summed E-state index contributed by atoms with van der Waals surface area (Å²) in [5.41, 5.74) is 6.48. The molecule has 35 heavy (non-hydrogen) atoms. The fourth-order valence-corrected chi connectivity index (χ4v) is 4.18. The van der Waals surface area contributed by atoms with Crippen molar-refractivity contribution in [1.29, 1.82) is 0 Å². The zero-order valence-electron chi connectivity index (χ0n) is 23.1. The van der Waals surface area contributed by atoms with Crippen LogP contribution in [0.5, 0.6) is 0 Å². The molecule has 202 valence electrons. The van der Waals surface area contributed by atoms with Crippen LogP contribution in [0, 0.1) is 11.8 Å². The summed E-state index contributed by atoms with van der Waals surface area (Å²) in [6.07, 6.45) is 15.6. The molecule has 0 radical (unpaired) electrons. The van der Waals surface area contributed by atoms with Gasteiger partial charge < -0.3 is 16.2 Å². The molecule has 0 spiro atoms. The van der Waals surface area contributed by atoms with Crippen LogP contribution in [0.3, 0.4) is 0 Å². The summed E-state index contributed by atoms with van der Waals surface area (Å²) in [7, 11) is 0. The van der Waals surface area contributed by atoms with Gasteiger partial charge >= 0.3 is 5.97 Å². The van der Waals surface area contributed by atoms with Crippen LogP contribution in [0.4, 0.5) is 0 Å². The lowest BCUT2D eigenvalue weighted by Gasteiger charge is -2.24. The molecular weight excluding hydrogens is 436 g/mol. The number of carbonyl (C=O) groups is 2. The van der Waals surface area contributed by atoms with Crippen molar-refractivity contribution in [3.8, 4) is 0 Å². The maximum atomic E-state index is 12.6. The minimum absolute atomic E-state index is 0.128. The summed E-state index contributed by atoms with van der Waals surface area (Å²) < 4.78 is 0. The number of carboxylic acid groups (broad SMARTS) is 1. The molecule has 5 nitrogen and oxygen atoms in total. The van der Waals surface area contributed by atoms with Crippen molar-refractivity contribution in [3.63, 3.8) is 0 Å². The van der Waals surface area contributed by atoms with Crippen LogP contribution in [-0.2, 0) is 9.59 Å². The third kappa shape index (κ3) is 17.2. The Morgan fingerprint density at radius 3 is 1.86 bits per heavy atom. The first kappa shape index (κ1) is 33.1. The molecule has 0 aliphatic heterocycles. The quantitative estimate of drug-likeness (QED) is 0.177. The van der Waals surface area contributed by atoms with Gasteiger partial charge in [-0.1, -0.05) is 122 Å². The number of hydrogen-bond donors (Lipinski definition) is 3. The molecule has 0 saturated carbocycles. The Morgan fingerprint density at radius 1 is 0.829 bits per heavy atom. The average molecular weight is 491 g/mol. The summed E-state index contributed by atoms with van der Waals surface area (Å²) in [4.78, 5) is 24.1. The molecule has 4 N–H and O–H groups in total. The predicted molar refractivity (Wildman–Crippen MR) is 149 cm³/mol. The average Bonchev–Trinajstić information content (AvgIpc) is 2.87. The second-order valence-electron chi connectivity index (χ2n) is 9.90. The molecule has 3 unspecified atom stereocenters. The van der Waals surface area contributed by atoms with E-state index in [2.05, 4.69) is 26.1 Å². The van der Waals surface area contributed by atoms with E-state index in [0.29, 0.717) is 13.0 Å². The Kier molecular flexibility index (Phi) is 21.4. The van der Waals surface area contributed by atoms with Crippen LogP contribution in [0.25, 0.3) is 0 Å². The molecule has 0 fully saturated rings. The molecule has 0 heterocycles. The number of aliphatic carboxylic acids is 1. The Balaban J connectivity index is 0.00000109. The lowest BCUT2D eigenvalue weighted by Crippen LogP contribution is -2.38. The van der Waals surface area contributed by atoms with Crippen molar-refractivity contribution in [2.45, 2.75) is 117 Å². The fraction of sp³-hybridized carbons (Fsp3) is 0.733. The number of nitrogens with two attached hydrogens (primary N) is 1. The highest BCUT2D eigenvalue weighted by Gasteiger charge is 2.31. The number of amides is 1. The second kappa shape index (κ2) is 22.6. The third-order valence-electron chi connectivity index (χ3n) is 6.69. The standard InChI is InChI=1S/C22H35NO3.C8H19N/c1-4-5-6-7-8-12-15-23-21(24)20(18(3)22(25)26)16-17(2)19-13-10-9-11-14-19;1-2-3-4-5-6-7-8-9/h9-11,13-14,17-18,20H,4-8,12,15-16H2,1-3H3,(H,23,24)(H,25,26);2-9H2,1H3. The van der Waals surface area contributed by atoms with Gasteiger partial charge in [0.2, 0.25) is 5.91 Å². The highest BCUT2D eigenvalue weighted by Crippen LogP contribution is 2.28. The number of carbonyl (C=O) groups excluding carboxylic acids is 1. The highest BCUT2D eigenvalue weighted by molar-refractivity contribution is 5.84. The van der Waals surface area contributed by atoms with E-state index < -0.39 is 17.8 Å². The van der Waals surface area contributed by atoms with Crippen molar-refractivity contribution >= 4 is 11.9 Å². The zero-order chi connectivity index (χ0) is 26.3. The van der Waals surface area contributed by atoms with Crippen LogP contribution in [-0.4, -0.2) is 30.1 Å². The number of unbranched alkanes of at least 4 members (excludes halogenated alkanes) is 10. The van der Waals surface area contributed by atoms with Gasteiger partial charge in [0.05, 0.1) is 11.8 Å². The van der Waals surface area contributed by atoms with Crippen molar-refractivity contribution in [2.24, 2.45) is 17.6 Å². The first-order valence-electron chi connectivity index (χ1n) is 14.1. The molecule has 1 amide bonds. The predicted octanol–water partition coefficient (Wildman–Crippen LogP) is 7.30. The Hall–Kier alpha value is -1.88. The summed E-state index contributed by atoms with van der Waals surface area (Å²) in [6, 6.07) is 9.96. The number of rotatable bonds is 19. The number of carboxylic acids is 1. The second-order valence-corrected chi connectivity index (χ2v) is 9.90. The molecule has 0 bridgehead atoms. The molecule has 0 aliphatic carbocycles. The molecule has 1 aromatic carbocycles. The molecule has 0 aromatic heterocycles. The van der Waals surface area contributed by atoms with Crippen molar-refractivity contribution in [2.75, 3.05) is 13.1 Å². The van der Waals surface area contributed by atoms with Crippen LogP contribution < -0.4 is 11.1 Å². The Bertz CT molecular complexity index is 630. The summed E-state index contributed by atoms with van der Waals surface area (Å²) in [5, 5.41) is 12.4. The van der Waals surface area contributed by atoms with Crippen molar-refractivity contribution in [1.82, 2.24) is 5.32 Å². The lowest BCUT2D eigenvalue weighted by molar-refractivity contribution is -0.146. The van der Waals surface area contributed by atoms with Gasteiger partial charge in [0.25, 0.3) is 0 Å². The van der Waals surface area contributed by atoms with Crippen LogP contribution in [0.1, 0.15) is 123 Å². The molecule has 5 heteroatoms. The zero-order valence-corrected chi connectivity index (χ0v) is 23.1. The largest absolute Gasteiger partial charge is 0.481 e. The topological polar surface area (TPSA) is 92.4 Å². The van der Waals surface area contributed by atoms with E-state index in [1.54, 1.807) is 6.92 Å². The fourth-order valence-electron chi connectivity index (χ4n) is 4.18. The molecule has 1 rings (SSSR count). The van der Waals surface area contributed by atoms with Gasteiger partial charge in [-0.25, -0.2) is 0 Å². The third-order valence-corrected chi connectivity index (χ3v) is 6.69. The monoisotopic (exact) mass is 490 g/mol. The van der Waals surface area contributed by atoms with Crippen molar-refractivity contribution < 1.29 is 14.7 Å². The van der Waals surface area contributed by atoms with Gasteiger partial charge in [-0.2, -0.15) is 0 Å². The van der Waals surface area contributed by atoms with E-state index in [9.17, 15) is 14.7 Å². The Morgan fingerprint density at radius 2 is 1.34 bits per heavy atom. The highest BCUT2D eigenvalue weighted by atomic mass is 16.4. The van der Waals surface area contributed by atoms with Gasteiger partial charge in [0.1, 0.15) is 0 Å². The van der Waals surface area contributed by atoms with E-state index in [-0.39, 0.29) is 11.8 Å². The van der Waals surface area contributed by atoms with E-state index in [4.69, 9.17) is 5.73 Å². The lowest BCUT2D eigenvalue weighted by atomic mass is 9.82. The van der Waals surface area contributed by atoms with Crippen LogP contribution in [0.15, 0.2) is 30.3 Å². The molecule has 0 saturated heterocycles. The van der Waals surface area contributed by atoms with E-state index in [0.717, 1.165) is 24.9 Å². The van der Waals surface area contributed by atoms with Gasteiger partial charge in [-0.3, -0.25) is 9.59 Å². The van der Waals surface area contributed by atoms with Crippen LogP contribution >= 0.6 is 0 Å². The maximum absolute atomic E-state index is 12.6. The Labute approximate surface area is 215 Å². The first-order chi connectivity index (χ1) is 16.9. The normalized spacial score (nSPS) is 13.3.